The number of amides is 1. The van der Waals surface area contributed by atoms with Crippen LogP contribution in [0.1, 0.15) is 41.6 Å². The minimum absolute atomic E-state index is 0.00696. The highest BCUT2D eigenvalue weighted by molar-refractivity contribution is 6.21. The SMILES string of the molecule is Cc1cc(C(=O)N(C)C2CCCCC2Cl)cc([N+](=O)[O-])c1. The first-order valence-electron chi connectivity index (χ1n) is 7.07. The molecule has 1 amide bonds. The average molecular weight is 311 g/mol. The van der Waals surface area contributed by atoms with Gasteiger partial charge in [0, 0.05) is 30.8 Å². The van der Waals surface area contributed by atoms with E-state index in [4.69, 9.17) is 11.6 Å². The van der Waals surface area contributed by atoms with Gasteiger partial charge in [-0.2, -0.15) is 0 Å². The zero-order chi connectivity index (χ0) is 15.6. The van der Waals surface area contributed by atoms with Gasteiger partial charge in [-0.15, -0.1) is 11.6 Å². The Bertz CT molecular complexity index is 562. The first kappa shape index (κ1) is 15.8. The average Bonchev–Trinajstić information content (AvgIpc) is 2.45. The number of nitrogens with zero attached hydrogens (tertiary/aromatic N) is 2. The molecule has 2 rings (SSSR count). The Kier molecular flexibility index (Phi) is 4.83. The van der Waals surface area contributed by atoms with Crippen molar-refractivity contribution in [3.63, 3.8) is 0 Å². The van der Waals surface area contributed by atoms with Gasteiger partial charge >= 0.3 is 0 Å². The highest BCUT2D eigenvalue weighted by Gasteiger charge is 2.30. The largest absolute Gasteiger partial charge is 0.337 e. The zero-order valence-electron chi connectivity index (χ0n) is 12.2. The van der Waals surface area contributed by atoms with Gasteiger partial charge in [0.2, 0.25) is 0 Å². The highest BCUT2D eigenvalue weighted by atomic mass is 35.5. The molecule has 0 aromatic heterocycles. The summed E-state index contributed by atoms with van der Waals surface area (Å²) in [5.74, 6) is -0.209. The number of carbonyl (C=O) groups excluding carboxylic acids is 1. The topological polar surface area (TPSA) is 63.5 Å². The number of hydrogen-bond acceptors (Lipinski definition) is 3. The van der Waals surface area contributed by atoms with Crippen LogP contribution in [-0.4, -0.2) is 34.2 Å². The van der Waals surface area contributed by atoms with Gasteiger partial charge in [0.25, 0.3) is 11.6 Å². The van der Waals surface area contributed by atoms with Crippen LogP contribution in [-0.2, 0) is 0 Å². The van der Waals surface area contributed by atoms with Crippen LogP contribution >= 0.6 is 11.6 Å². The van der Waals surface area contributed by atoms with Gasteiger partial charge in [-0.25, -0.2) is 0 Å². The lowest BCUT2D eigenvalue weighted by Crippen LogP contribution is -2.44. The van der Waals surface area contributed by atoms with Crippen molar-refractivity contribution in [1.29, 1.82) is 0 Å². The molecule has 6 heteroatoms. The molecule has 0 N–H and O–H groups in total. The zero-order valence-corrected chi connectivity index (χ0v) is 13.0. The monoisotopic (exact) mass is 310 g/mol. The molecular formula is C15H19ClN2O3. The van der Waals surface area contributed by atoms with Gasteiger partial charge in [-0.1, -0.05) is 12.8 Å². The molecule has 0 radical (unpaired) electrons. The maximum absolute atomic E-state index is 12.6. The van der Waals surface area contributed by atoms with Gasteiger partial charge < -0.3 is 4.90 Å². The van der Waals surface area contributed by atoms with E-state index in [1.807, 2.05) is 0 Å². The molecule has 0 spiro atoms. The summed E-state index contributed by atoms with van der Waals surface area (Å²) in [6.45, 7) is 1.74. The molecule has 1 aliphatic carbocycles. The highest BCUT2D eigenvalue weighted by Crippen LogP contribution is 2.28. The Morgan fingerprint density at radius 3 is 2.62 bits per heavy atom. The van der Waals surface area contributed by atoms with Crippen molar-refractivity contribution in [1.82, 2.24) is 4.90 Å². The summed E-state index contributed by atoms with van der Waals surface area (Å²) in [6, 6.07) is 4.46. The number of non-ortho nitro benzene ring substituents is 1. The predicted octanol–water partition coefficient (Wildman–Crippen LogP) is 3.53. The molecule has 1 aromatic rings. The molecule has 2 unspecified atom stereocenters. The van der Waals surface area contributed by atoms with Crippen LogP contribution in [0.3, 0.4) is 0 Å². The molecular weight excluding hydrogens is 292 g/mol. The maximum Gasteiger partial charge on any atom is 0.270 e. The van der Waals surface area contributed by atoms with Crippen molar-refractivity contribution in [2.45, 2.75) is 44.0 Å². The van der Waals surface area contributed by atoms with Crippen LogP contribution in [0.15, 0.2) is 18.2 Å². The quantitative estimate of drug-likeness (QED) is 0.487. The fourth-order valence-electron chi connectivity index (χ4n) is 2.85. The summed E-state index contributed by atoms with van der Waals surface area (Å²) in [6.07, 6.45) is 3.92. The van der Waals surface area contributed by atoms with Crippen molar-refractivity contribution in [2.24, 2.45) is 0 Å². The van der Waals surface area contributed by atoms with Gasteiger partial charge in [0.15, 0.2) is 0 Å². The molecule has 21 heavy (non-hydrogen) atoms. The summed E-state index contributed by atoms with van der Waals surface area (Å²) in [5, 5.41) is 10.9. The van der Waals surface area contributed by atoms with Crippen molar-refractivity contribution in [2.75, 3.05) is 7.05 Å². The normalized spacial score (nSPS) is 21.9. The fraction of sp³-hybridized carbons (Fsp3) is 0.533. The summed E-state index contributed by atoms with van der Waals surface area (Å²) < 4.78 is 0. The number of nitro benzene ring substituents is 1. The summed E-state index contributed by atoms with van der Waals surface area (Å²) in [5.41, 5.74) is 0.989. The minimum atomic E-state index is -0.477. The van der Waals surface area contributed by atoms with Crippen molar-refractivity contribution < 1.29 is 9.72 Å². The second kappa shape index (κ2) is 6.43. The Labute approximate surface area is 129 Å². The van der Waals surface area contributed by atoms with Gasteiger partial charge in [-0.05, 0) is 31.4 Å². The molecule has 114 valence electrons. The first-order chi connectivity index (χ1) is 9.90. The summed E-state index contributed by atoms with van der Waals surface area (Å²) in [7, 11) is 1.72. The number of halogens is 1. The van der Waals surface area contributed by atoms with E-state index in [0.29, 0.717) is 11.1 Å². The molecule has 5 nitrogen and oxygen atoms in total. The number of alkyl halides is 1. The van der Waals surface area contributed by atoms with Crippen LogP contribution in [0.4, 0.5) is 5.69 Å². The van der Waals surface area contributed by atoms with E-state index in [0.717, 1.165) is 25.7 Å². The molecule has 0 aliphatic heterocycles. The lowest BCUT2D eigenvalue weighted by Gasteiger charge is -2.35. The van der Waals surface area contributed by atoms with E-state index in [-0.39, 0.29) is 23.0 Å². The van der Waals surface area contributed by atoms with Crippen molar-refractivity contribution in [3.05, 3.63) is 39.4 Å². The van der Waals surface area contributed by atoms with Gasteiger partial charge in [-0.3, -0.25) is 14.9 Å². The molecule has 1 fully saturated rings. The molecule has 0 saturated heterocycles. The Morgan fingerprint density at radius 2 is 2.00 bits per heavy atom. The Morgan fingerprint density at radius 1 is 1.33 bits per heavy atom. The van der Waals surface area contributed by atoms with E-state index in [1.54, 1.807) is 24.9 Å². The molecule has 0 heterocycles. The number of rotatable bonds is 3. The fourth-order valence-corrected chi connectivity index (χ4v) is 3.30. The molecule has 1 saturated carbocycles. The second-order valence-corrected chi connectivity index (χ2v) is 6.16. The van der Waals surface area contributed by atoms with E-state index >= 15 is 0 Å². The number of hydrogen-bond donors (Lipinski definition) is 0. The third kappa shape index (κ3) is 3.53. The maximum atomic E-state index is 12.6. The number of benzene rings is 1. The Balaban J connectivity index is 2.24. The molecule has 2 atom stereocenters. The lowest BCUT2D eigenvalue weighted by molar-refractivity contribution is -0.384. The second-order valence-electron chi connectivity index (χ2n) is 5.60. The molecule has 1 aliphatic rings. The van der Waals surface area contributed by atoms with Gasteiger partial charge in [0.1, 0.15) is 0 Å². The van der Waals surface area contributed by atoms with Crippen LogP contribution in [0, 0.1) is 17.0 Å². The third-order valence-corrected chi connectivity index (χ3v) is 4.49. The smallest absolute Gasteiger partial charge is 0.270 e. The summed E-state index contributed by atoms with van der Waals surface area (Å²) in [4.78, 5) is 24.6. The molecule has 1 aromatic carbocycles. The number of nitro groups is 1. The third-order valence-electron chi connectivity index (χ3n) is 3.98. The van der Waals surface area contributed by atoms with E-state index in [2.05, 4.69) is 0 Å². The van der Waals surface area contributed by atoms with Gasteiger partial charge in [0.05, 0.1) is 10.3 Å². The standard InChI is InChI=1S/C15H19ClN2O3/c1-10-7-11(9-12(8-10)18(20)21)15(19)17(2)14-6-4-3-5-13(14)16/h7-9,13-14H,3-6H2,1-2H3. The van der Waals surface area contributed by atoms with Crippen LogP contribution in [0.25, 0.3) is 0 Å². The predicted molar refractivity (Wildman–Crippen MR) is 81.8 cm³/mol. The van der Waals surface area contributed by atoms with Crippen LogP contribution in [0.5, 0.6) is 0 Å². The minimum Gasteiger partial charge on any atom is -0.337 e. The van der Waals surface area contributed by atoms with E-state index in [9.17, 15) is 14.9 Å². The van der Waals surface area contributed by atoms with E-state index in [1.165, 1.54) is 12.1 Å². The molecule has 0 bridgehead atoms. The Hall–Kier alpha value is -1.62. The van der Waals surface area contributed by atoms with Crippen molar-refractivity contribution in [3.8, 4) is 0 Å². The summed E-state index contributed by atoms with van der Waals surface area (Å²) >= 11 is 6.32. The number of aryl methyl sites for hydroxylation is 1. The van der Waals surface area contributed by atoms with Crippen LogP contribution < -0.4 is 0 Å². The van der Waals surface area contributed by atoms with Crippen molar-refractivity contribution >= 4 is 23.2 Å². The van der Waals surface area contributed by atoms with Crippen LogP contribution in [0.2, 0.25) is 0 Å². The first-order valence-corrected chi connectivity index (χ1v) is 7.51. The number of carbonyl (C=O) groups is 1. The van der Waals surface area contributed by atoms with E-state index < -0.39 is 4.92 Å². The lowest BCUT2D eigenvalue weighted by atomic mass is 9.93.